The molecule has 0 fully saturated rings. The number of aryl methyl sites for hydroxylation is 1. The Bertz CT molecular complexity index is 1760. The molecule has 4 aromatic heterocycles. The van der Waals surface area contributed by atoms with E-state index in [1.54, 1.807) is 0 Å². The summed E-state index contributed by atoms with van der Waals surface area (Å²) in [6.07, 6.45) is 9.08. The number of fused-ring (bicyclic) bond motifs is 9. The van der Waals surface area contributed by atoms with Gasteiger partial charge in [0.25, 0.3) is 0 Å². The molecule has 8 bridgehead atoms. The molecule has 6 aromatic rings. The molecular weight excluding hydrogens is 434 g/mol. The van der Waals surface area contributed by atoms with Crippen LogP contribution >= 0.6 is 0 Å². The first-order valence-corrected chi connectivity index (χ1v) is 11.5. The van der Waals surface area contributed by atoms with E-state index in [4.69, 9.17) is 4.98 Å². The maximum atomic E-state index is 4.98. The molecule has 0 atom stereocenters. The molecule has 0 unspecified atom stereocenters. The van der Waals surface area contributed by atoms with E-state index in [1.165, 1.54) is 5.56 Å². The lowest BCUT2D eigenvalue weighted by molar-refractivity contribution is 0.950. The number of hydrogen-bond donors (Lipinski definition) is 3. The summed E-state index contributed by atoms with van der Waals surface area (Å²) in [5.74, 6) is 0.708. The fraction of sp³-hybridized carbons (Fsp3) is 0.0714. The molecule has 7 heteroatoms. The highest BCUT2D eigenvalue weighted by Crippen LogP contribution is 2.33. The number of aromatic nitrogens is 6. The first kappa shape index (κ1) is 19.7. The fourth-order valence-corrected chi connectivity index (χ4v) is 4.75. The smallest absolute Gasteiger partial charge is 0.159 e. The zero-order valence-electron chi connectivity index (χ0n) is 18.8. The number of pyridine rings is 2. The van der Waals surface area contributed by atoms with Crippen LogP contribution in [0.5, 0.6) is 0 Å². The first-order chi connectivity index (χ1) is 17.2. The highest BCUT2D eigenvalue weighted by molar-refractivity contribution is 5.98. The van der Waals surface area contributed by atoms with Crippen molar-refractivity contribution in [3.05, 3.63) is 91.2 Å². The quantitative estimate of drug-likeness (QED) is 0.257. The normalized spacial score (nSPS) is 13.2. The van der Waals surface area contributed by atoms with E-state index in [0.29, 0.717) is 5.82 Å². The largest absolute Gasteiger partial charge is 0.358 e. The predicted octanol–water partition coefficient (Wildman–Crippen LogP) is 6.10. The van der Waals surface area contributed by atoms with Crippen LogP contribution in [-0.2, 0) is 6.42 Å². The second-order valence-corrected chi connectivity index (χ2v) is 8.89. The summed E-state index contributed by atoms with van der Waals surface area (Å²) in [4.78, 5) is 17.4. The minimum absolute atomic E-state index is 0.708. The highest BCUT2D eigenvalue weighted by atomic mass is 15.1. The predicted molar refractivity (Wildman–Crippen MR) is 139 cm³/mol. The molecule has 2 aromatic carbocycles. The number of nitrogens with zero attached hydrogens (tertiary/aromatic N) is 4. The third-order valence-corrected chi connectivity index (χ3v) is 6.53. The van der Waals surface area contributed by atoms with E-state index >= 15 is 0 Å². The van der Waals surface area contributed by atoms with E-state index in [1.807, 2.05) is 30.9 Å². The van der Waals surface area contributed by atoms with Gasteiger partial charge in [-0.05, 0) is 47.7 Å². The summed E-state index contributed by atoms with van der Waals surface area (Å²) < 4.78 is 0. The zero-order chi connectivity index (χ0) is 23.4. The van der Waals surface area contributed by atoms with Crippen LogP contribution in [0.1, 0.15) is 12.0 Å². The Labute approximate surface area is 201 Å². The summed E-state index contributed by atoms with van der Waals surface area (Å²) in [6.45, 7) is 4.25. The van der Waals surface area contributed by atoms with Gasteiger partial charge in [0.1, 0.15) is 5.69 Å². The van der Waals surface area contributed by atoms with Crippen LogP contribution in [0.2, 0.25) is 0 Å². The average Bonchev–Trinajstić information content (AvgIpc) is 3.51. The monoisotopic (exact) mass is 455 g/mol. The number of allylic oxidation sites excluding steroid dienone is 1. The van der Waals surface area contributed by atoms with Crippen molar-refractivity contribution >= 4 is 27.6 Å². The van der Waals surface area contributed by atoms with Crippen molar-refractivity contribution in [1.82, 2.24) is 30.1 Å². The number of H-pyrrole nitrogens is 2. The van der Waals surface area contributed by atoms with Gasteiger partial charge in [0.2, 0.25) is 0 Å². The second-order valence-electron chi connectivity index (χ2n) is 8.89. The Hall–Kier alpha value is -4.78. The Morgan fingerprint density at radius 2 is 1.74 bits per heavy atom. The standard InChI is InChI=1S/C28H21N7/c1-16-5-6-17-3-2-4-19(9-17)23-14-30-15-25-26(23)33-28(32-25)27-22-11-18(7-8-24(22)34-35-27)20-10-21(31-16)13-29-12-20/h2-4,7-15,31H,1,5-6H2,(H,32,33)(H,34,35). The molecule has 3 N–H and O–H groups in total. The van der Waals surface area contributed by atoms with Crippen LogP contribution < -0.4 is 5.32 Å². The first-order valence-electron chi connectivity index (χ1n) is 11.5. The number of benzene rings is 2. The average molecular weight is 456 g/mol. The van der Waals surface area contributed by atoms with Gasteiger partial charge in [0, 0.05) is 34.6 Å². The van der Waals surface area contributed by atoms with Gasteiger partial charge in [-0.3, -0.25) is 15.1 Å². The molecule has 0 amide bonds. The summed E-state index contributed by atoms with van der Waals surface area (Å²) in [6, 6.07) is 16.9. The number of hydrogen-bond acceptors (Lipinski definition) is 5. The van der Waals surface area contributed by atoms with Gasteiger partial charge in [-0.25, -0.2) is 4.98 Å². The summed E-state index contributed by atoms with van der Waals surface area (Å²) >= 11 is 0. The molecule has 1 aliphatic heterocycles. The topological polar surface area (TPSA) is 95.2 Å². The van der Waals surface area contributed by atoms with Crippen molar-refractivity contribution in [2.24, 2.45) is 0 Å². The van der Waals surface area contributed by atoms with Crippen LogP contribution in [0.15, 0.2) is 85.6 Å². The number of aromatic amines is 2. The van der Waals surface area contributed by atoms with E-state index in [0.717, 1.165) is 74.1 Å². The van der Waals surface area contributed by atoms with Crippen LogP contribution in [0.25, 0.3) is 55.7 Å². The molecule has 168 valence electrons. The Balaban J connectivity index is 1.48. The van der Waals surface area contributed by atoms with Crippen molar-refractivity contribution in [1.29, 1.82) is 0 Å². The molecule has 5 heterocycles. The van der Waals surface area contributed by atoms with Gasteiger partial charge >= 0.3 is 0 Å². The molecule has 0 saturated carbocycles. The molecule has 7 rings (SSSR count). The van der Waals surface area contributed by atoms with Gasteiger partial charge < -0.3 is 10.3 Å². The second kappa shape index (κ2) is 7.63. The van der Waals surface area contributed by atoms with Gasteiger partial charge in [0.05, 0.1) is 34.6 Å². The van der Waals surface area contributed by atoms with Crippen molar-refractivity contribution < 1.29 is 0 Å². The summed E-state index contributed by atoms with van der Waals surface area (Å²) in [5, 5.41) is 12.2. The van der Waals surface area contributed by atoms with E-state index in [2.05, 4.69) is 79.5 Å². The molecular formula is C28H21N7. The maximum Gasteiger partial charge on any atom is 0.159 e. The third-order valence-electron chi connectivity index (χ3n) is 6.53. The maximum absolute atomic E-state index is 4.98. The lowest BCUT2D eigenvalue weighted by Crippen LogP contribution is -2.01. The molecule has 0 aliphatic carbocycles. The van der Waals surface area contributed by atoms with Crippen LogP contribution in [-0.4, -0.2) is 30.1 Å². The Morgan fingerprint density at radius 1 is 0.800 bits per heavy atom. The molecule has 0 spiro atoms. The third kappa shape index (κ3) is 3.36. The van der Waals surface area contributed by atoms with Crippen molar-refractivity contribution in [3.8, 4) is 33.8 Å². The highest BCUT2D eigenvalue weighted by Gasteiger charge is 2.17. The fourth-order valence-electron chi connectivity index (χ4n) is 4.75. The minimum Gasteiger partial charge on any atom is -0.358 e. The van der Waals surface area contributed by atoms with Gasteiger partial charge in [0.15, 0.2) is 5.82 Å². The van der Waals surface area contributed by atoms with Crippen molar-refractivity contribution in [3.63, 3.8) is 0 Å². The molecule has 0 radical (unpaired) electrons. The van der Waals surface area contributed by atoms with Gasteiger partial charge in [-0.15, -0.1) is 0 Å². The van der Waals surface area contributed by atoms with Crippen LogP contribution in [0.3, 0.4) is 0 Å². The number of rotatable bonds is 0. The Morgan fingerprint density at radius 3 is 2.71 bits per heavy atom. The van der Waals surface area contributed by atoms with Gasteiger partial charge in [-0.2, -0.15) is 5.10 Å². The zero-order valence-corrected chi connectivity index (χ0v) is 18.8. The van der Waals surface area contributed by atoms with Gasteiger partial charge in [-0.1, -0.05) is 36.9 Å². The summed E-state index contributed by atoms with van der Waals surface area (Å²) in [7, 11) is 0. The van der Waals surface area contributed by atoms with E-state index < -0.39 is 0 Å². The minimum atomic E-state index is 0.708. The SMILES string of the molecule is C=C1CCc2cccc(c2)-c2cncc3[nH]c(nc23)-c2n[nH]c3ccc(cc23)-c2cncc(c2)N1. The molecule has 35 heavy (non-hydrogen) atoms. The lowest BCUT2D eigenvalue weighted by Gasteiger charge is -2.12. The molecule has 1 aliphatic rings. The number of anilines is 1. The van der Waals surface area contributed by atoms with Crippen molar-refractivity contribution in [2.75, 3.05) is 5.32 Å². The lowest BCUT2D eigenvalue weighted by atomic mass is 10.0. The van der Waals surface area contributed by atoms with E-state index in [9.17, 15) is 0 Å². The van der Waals surface area contributed by atoms with Crippen molar-refractivity contribution in [2.45, 2.75) is 12.8 Å². The molecule has 7 nitrogen and oxygen atoms in total. The van der Waals surface area contributed by atoms with Crippen LogP contribution in [0, 0.1) is 0 Å². The number of nitrogens with one attached hydrogen (secondary N) is 3. The van der Waals surface area contributed by atoms with E-state index in [-0.39, 0.29) is 0 Å². The van der Waals surface area contributed by atoms with Crippen LogP contribution in [0.4, 0.5) is 5.69 Å². The molecule has 0 saturated heterocycles. The number of imidazole rings is 1. The summed E-state index contributed by atoms with van der Waals surface area (Å²) in [5.41, 5.74) is 10.7. The Kier molecular flexibility index (Phi) is 4.29.